The SMILES string of the molecule is CC(C)(C)OC(=O)[C@@H]1[C@@H](c2cccc([N+](=O)[O-])c2)C2(C(=O)c3ccccc3C2=O)[C@H]2c3ccccc3C=NN12. The number of esters is 1. The van der Waals surface area contributed by atoms with E-state index in [1.807, 2.05) is 24.3 Å². The molecule has 9 nitrogen and oxygen atoms in total. The van der Waals surface area contributed by atoms with Gasteiger partial charge in [0.15, 0.2) is 17.6 Å². The number of ketones is 2. The van der Waals surface area contributed by atoms with Crippen LogP contribution >= 0.6 is 0 Å². The number of hydrogen-bond acceptors (Lipinski definition) is 8. The third-order valence-corrected chi connectivity index (χ3v) is 7.66. The fourth-order valence-corrected chi connectivity index (χ4v) is 6.32. The minimum atomic E-state index is -1.81. The molecule has 1 fully saturated rings. The molecule has 3 atom stereocenters. The van der Waals surface area contributed by atoms with Crippen LogP contribution in [0.4, 0.5) is 5.69 Å². The fourth-order valence-electron chi connectivity index (χ4n) is 6.32. The summed E-state index contributed by atoms with van der Waals surface area (Å²) in [5, 5.41) is 17.9. The molecule has 0 unspecified atom stereocenters. The lowest BCUT2D eigenvalue weighted by Gasteiger charge is -2.36. The van der Waals surface area contributed by atoms with Gasteiger partial charge in [-0.1, -0.05) is 60.7 Å². The van der Waals surface area contributed by atoms with E-state index < -0.39 is 51.5 Å². The van der Waals surface area contributed by atoms with Gasteiger partial charge in [-0.05, 0) is 37.5 Å². The Hall–Kier alpha value is -4.66. The van der Waals surface area contributed by atoms with Crippen molar-refractivity contribution in [1.82, 2.24) is 5.01 Å². The third kappa shape index (κ3) is 3.46. The number of hydrazone groups is 1. The van der Waals surface area contributed by atoms with Crippen molar-refractivity contribution in [2.75, 3.05) is 0 Å². The Morgan fingerprint density at radius 2 is 1.62 bits per heavy atom. The predicted molar refractivity (Wildman–Crippen MR) is 142 cm³/mol. The van der Waals surface area contributed by atoms with Crippen LogP contribution in [0.2, 0.25) is 0 Å². The van der Waals surface area contributed by atoms with Gasteiger partial charge in [-0.15, -0.1) is 0 Å². The standard InChI is InChI=1S/C30H25N3O6/c1-29(2,3)39-28(36)24-23(17-10-8-11-19(15-17)33(37)38)30(26(34)21-13-6-7-14-22(21)27(30)35)25-20-12-5-4-9-18(20)16-31-32(24)25/h4-16,23-25H,1-3H3/t23-,24+,25-/m1/s1. The minimum Gasteiger partial charge on any atom is -0.458 e. The Balaban J connectivity index is 1.69. The van der Waals surface area contributed by atoms with Crippen LogP contribution in [0.15, 0.2) is 77.9 Å². The second-order valence-corrected chi connectivity index (χ2v) is 11.0. The molecule has 3 aromatic rings. The molecule has 0 N–H and O–H groups in total. The highest BCUT2D eigenvalue weighted by Crippen LogP contribution is 2.64. The fraction of sp³-hybridized carbons (Fsp3) is 0.267. The van der Waals surface area contributed by atoms with Crippen molar-refractivity contribution in [3.05, 3.63) is 111 Å². The molecule has 0 aromatic heterocycles. The maximum absolute atomic E-state index is 14.6. The van der Waals surface area contributed by atoms with E-state index in [-0.39, 0.29) is 16.8 Å². The maximum Gasteiger partial charge on any atom is 0.331 e. The second-order valence-electron chi connectivity index (χ2n) is 11.0. The summed E-state index contributed by atoms with van der Waals surface area (Å²) >= 11 is 0. The van der Waals surface area contributed by atoms with Crippen LogP contribution in [-0.2, 0) is 9.53 Å². The summed E-state index contributed by atoms with van der Waals surface area (Å²) < 4.78 is 5.83. The van der Waals surface area contributed by atoms with Crippen LogP contribution in [0.5, 0.6) is 0 Å². The van der Waals surface area contributed by atoms with Gasteiger partial charge in [0.25, 0.3) is 5.69 Å². The number of nitrogens with zero attached hydrogens (tertiary/aromatic N) is 3. The van der Waals surface area contributed by atoms with Gasteiger partial charge in [0.05, 0.1) is 17.2 Å². The van der Waals surface area contributed by atoms with Crippen LogP contribution in [0.25, 0.3) is 0 Å². The molecule has 6 rings (SSSR count). The number of carbonyl (C=O) groups is 3. The van der Waals surface area contributed by atoms with E-state index in [2.05, 4.69) is 5.10 Å². The van der Waals surface area contributed by atoms with Gasteiger partial charge >= 0.3 is 5.97 Å². The lowest BCUT2D eigenvalue weighted by Crippen LogP contribution is -2.44. The summed E-state index contributed by atoms with van der Waals surface area (Å²) in [4.78, 5) is 54.3. The van der Waals surface area contributed by atoms with Crippen LogP contribution in [0.3, 0.4) is 0 Å². The van der Waals surface area contributed by atoms with Crippen LogP contribution in [0.1, 0.15) is 70.1 Å². The molecule has 1 saturated heterocycles. The Kier molecular flexibility index (Phi) is 5.33. The molecule has 0 radical (unpaired) electrons. The summed E-state index contributed by atoms with van der Waals surface area (Å²) in [5.41, 5.74) is -0.676. The van der Waals surface area contributed by atoms with Crippen LogP contribution in [0, 0.1) is 15.5 Å². The first-order valence-electron chi connectivity index (χ1n) is 12.6. The molecule has 3 aromatic carbocycles. The molecule has 3 aliphatic rings. The van der Waals surface area contributed by atoms with Crippen molar-refractivity contribution in [3.8, 4) is 0 Å². The zero-order valence-corrected chi connectivity index (χ0v) is 21.5. The van der Waals surface area contributed by atoms with Gasteiger partial charge in [-0.2, -0.15) is 5.10 Å². The number of fused-ring (bicyclic) bond motifs is 5. The zero-order chi connectivity index (χ0) is 27.7. The number of hydrogen-bond donors (Lipinski definition) is 0. The summed E-state index contributed by atoms with van der Waals surface area (Å²) in [7, 11) is 0. The van der Waals surface area contributed by atoms with Gasteiger partial charge in [-0.3, -0.25) is 24.7 Å². The highest BCUT2D eigenvalue weighted by atomic mass is 16.6. The molecule has 0 saturated carbocycles. The molecule has 9 heteroatoms. The normalized spacial score (nSPS) is 22.4. The smallest absolute Gasteiger partial charge is 0.331 e. The van der Waals surface area contributed by atoms with Gasteiger partial charge in [0.1, 0.15) is 11.0 Å². The number of Topliss-reactive ketones (excluding diaryl/α,β-unsaturated/α-hetero) is 2. The highest BCUT2D eigenvalue weighted by molar-refractivity contribution is 6.31. The van der Waals surface area contributed by atoms with Crippen LogP contribution in [-0.4, -0.2) is 45.3 Å². The first-order chi connectivity index (χ1) is 18.6. The molecule has 196 valence electrons. The first kappa shape index (κ1) is 24.7. The summed E-state index contributed by atoms with van der Waals surface area (Å²) in [6.07, 6.45) is 1.60. The highest BCUT2D eigenvalue weighted by Gasteiger charge is 2.73. The Morgan fingerprint density at radius 1 is 0.974 bits per heavy atom. The largest absolute Gasteiger partial charge is 0.458 e. The molecule has 1 aliphatic carbocycles. The number of nitro groups is 1. The zero-order valence-electron chi connectivity index (χ0n) is 21.5. The average Bonchev–Trinajstić information content (AvgIpc) is 3.34. The van der Waals surface area contributed by atoms with E-state index in [0.717, 1.165) is 5.56 Å². The lowest BCUT2D eigenvalue weighted by atomic mass is 9.63. The molecule has 1 spiro atoms. The van der Waals surface area contributed by atoms with E-state index in [0.29, 0.717) is 11.1 Å². The summed E-state index contributed by atoms with van der Waals surface area (Å²) in [6, 6.07) is 17.5. The molecule has 0 amide bonds. The first-order valence-corrected chi connectivity index (χ1v) is 12.6. The number of nitro benzene ring substituents is 1. The van der Waals surface area contributed by atoms with E-state index in [1.165, 1.54) is 23.2 Å². The molecule has 0 bridgehead atoms. The monoisotopic (exact) mass is 523 g/mol. The molecule has 2 aliphatic heterocycles. The van der Waals surface area contributed by atoms with E-state index in [9.17, 15) is 24.5 Å². The van der Waals surface area contributed by atoms with Crippen molar-refractivity contribution in [1.29, 1.82) is 0 Å². The quantitative estimate of drug-likeness (QED) is 0.208. The van der Waals surface area contributed by atoms with Crippen molar-refractivity contribution in [2.24, 2.45) is 10.5 Å². The molecular weight excluding hydrogens is 498 g/mol. The van der Waals surface area contributed by atoms with E-state index >= 15 is 0 Å². The predicted octanol–water partition coefficient (Wildman–Crippen LogP) is 4.86. The Labute approximate surface area is 224 Å². The van der Waals surface area contributed by atoms with Gasteiger partial charge in [0.2, 0.25) is 0 Å². The number of rotatable bonds is 3. The van der Waals surface area contributed by atoms with Gasteiger partial charge in [-0.25, -0.2) is 4.79 Å². The van der Waals surface area contributed by atoms with Crippen molar-refractivity contribution in [2.45, 2.75) is 44.4 Å². The maximum atomic E-state index is 14.6. The van der Waals surface area contributed by atoms with Crippen molar-refractivity contribution >= 4 is 29.4 Å². The average molecular weight is 524 g/mol. The molecule has 2 heterocycles. The Bertz CT molecular complexity index is 1570. The number of benzene rings is 3. The second kappa shape index (κ2) is 8.42. The summed E-state index contributed by atoms with van der Waals surface area (Å²) in [6.45, 7) is 5.18. The third-order valence-electron chi connectivity index (χ3n) is 7.66. The van der Waals surface area contributed by atoms with Crippen molar-refractivity contribution < 1.29 is 24.0 Å². The lowest BCUT2D eigenvalue weighted by molar-refractivity contribution is -0.384. The minimum absolute atomic E-state index is 0.213. The van der Waals surface area contributed by atoms with Crippen LogP contribution < -0.4 is 0 Å². The van der Waals surface area contributed by atoms with Gasteiger partial charge < -0.3 is 4.74 Å². The number of carbonyl (C=O) groups excluding carboxylic acids is 3. The number of ether oxygens (including phenoxy) is 1. The topological polar surface area (TPSA) is 119 Å². The summed E-state index contributed by atoms with van der Waals surface area (Å²) in [5.74, 6) is -2.66. The number of non-ortho nitro benzene ring substituents is 1. The molecule has 39 heavy (non-hydrogen) atoms. The van der Waals surface area contributed by atoms with Crippen molar-refractivity contribution in [3.63, 3.8) is 0 Å². The van der Waals surface area contributed by atoms with E-state index in [1.54, 1.807) is 57.3 Å². The van der Waals surface area contributed by atoms with Gasteiger partial charge in [0, 0.05) is 29.2 Å². The molecular formula is C30H25N3O6. The van der Waals surface area contributed by atoms with E-state index in [4.69, 9.17) is 4.74 Å². The Morgan fingerprint density at radius 3 is 2.26 bits per heavy atom.